The first kappa shape index (κ1) is 15.2. The fraction of sp³-hybridized carbons (Fsp3) is 0.316. The fourth-order valence-electron chi connectivity index (χ4n) is 2.95. The number of nitrogens with one attached hydrogen (secondary N) is 1. The van der Waals surface area contributed by atoms with E-state index in [9.17, 15) is 0 Å². The Morgan fingerprint density at radius 2 is 1.83 bits per heavy atom. The lowest BCUT2D eigenvalue weighted by atomic mass is 9.99. The molecule has 0 atom stereocenters. The van der Waals surface area contributed by atoms with Crippen LogP contribution in [0.3, 0.4) is 0 Å². The van der Waals surface area contributed by atoms with Crippen LogP contribution in [0.4, 0.5) is 0 Å². The Labute approximate surface area is 141 Å². The summed E-state index contributed by atoms with van der Waals surface area (Å²) in [6.45, 7) is 4.27. The molecular weight excluding hydrogens is 302 g/mol. The first-order valence-electron chi connectivity index (χ1n) is 8.32. The van der Waals surface area contributed by atoms with Gasteiger partial charge in [0.05, 0.1) is 25.0 Å². The lowest BCUT2D eigenvalue weighted by molar-refractivity contribution is 0.200. The quantitative estimate of drug-likeness (QED) is 0.724. The molecule has 0 amide bonds. The van der Waals surface area contributed by atoms with Crippen LogP contribution < -0.4 is 5.32 Å². The van der Waals surface area contributed by atoms with Gasteiger partial charge >= 0.3 is 0 Å². The molecule has 5 heteroatoms. The van der Waals surface area contributed by atoms with E-state index in [1.807, 2.05) is 18.2 Å². The van der Waals surface area contributed by atoms with Crippen LogP contribution in [0, 0.1) is 0 Å². The van der Waals surface area contributed by atoms with Gasteiger partial charge in [0.15, 0.2) is 5.76 Å². The summed E-state index contributed by atoms with van der Waals surface area (Å²) in [4.78, 5) is 2.30. The first-order chi connectivity index (χ1) is 11.9. The Morgan fingerprint density at radius 1 is 1.00 bits per heavy atom. The average molecular weight is 323 g/mol. The monoisotopic (exact) mass is 323 g/mol. The highest BCUT2D eigenvalue weighted by molar-refractivity contribution is 5.17. The third-order valence-corrected chi connectivity index (χ3v) is 4.36. The van der Waals surface area contributed by atoms with Crippen molar-refractivity contribution >= 4 is 0 Å². The zero-order chi connectivity index (χ0) is 16.2. The van der Waals surface area contributed by atoms with Crippen LogP contribution in [0.2, 0.25) is 0 Å². The molecule has 24 heavy (non-hydrogen) atoms. The van der Waals surface area contributed by atoms with Crippen LogP contribution in [-0.4, -0.2) is 23.1 Å². The molecule has 4 rings (SSSR count). The molecule has 2 aromatic heterocycles. The minimum atomic E-state index is 0.496. The average Bonchev–Trinajstić information content (AvgIpc) is 3.19. The molecule has 1 aliphatic heterocycles. The second-order valence-corrected chi connectivity index (χ2v) is 6.28. The van der Waals surface area contributed by atoms with Gasteiger partial charge in [0.25, 0.3) is 0 Å². The summed E-state index contributed by atoms with van der Waals surface area (Å²) in [6.07, 6.45) is 1.71. The van der Waals surface area contributed by atoms with E-state index >= 15 is 0 Å². The van der Waals surface area contributed by atoms with Crippen molar-refractivity contribution in [1.29, 1.82) is 0 Å². The van der Waals surface area contributed by atoms with Crippen molar-refractivity contribution in [3.8, 4) is 0 Å². The largest absolute Gasteiger partial charge is 0.468 e. The second-order valence-electron chi connectivity index (χ2n) is 6.28. The lowest BCUT2D eigenvalue weighted by Gasteiger charge is -2.24. The van der Waals surface area contributed by atoms with Crippen LogP contribution in [0.1, 0.15) is 28.7 Å². The highest BCUT2D eigenvalue weighted by Crippen LogP contribution is 2.21. The molecule has 0 spiro atoms. The number of benzene rings is 1. The molecule has 1 fully saturated rings. The van der Waals surface area contributed by atoms with Crippen molar-refractivity contribution in [3.05, 3.63) is 77.6 Å². The first-order valence-corrected chi connectivity index (χ1v) is 8.32. The Balaban J connectivity index is 1.47. The number of furan rings is 1. The molecule has 1 saturated heterocycles. The van der Waals surface area contributed by atoms with Gasteiger partial charge < -0.3 is 14.3 Å². The molecular formula is C19H21N3O2. The van der Waals surface area contributed by atoms with E-state index in [4.69, 9.17) is 8.94 Å². The summed E-state index contributed by atoms with van der Waals surface area (Å²) in [7, 11) is 0. The lowest BCUT2D eigenvalue weighted by Crippen LogP contribution is -2.40. The van der Waals surface area contributed by atoms with Gasteiger partial charge in [-0.3, -0.25) is 4.90 Å². The Hall–Kier alpha value is -2.37. The summed E-state index contributed by atoms with van der Waals surface area (Å²) < 4.78 is 11.1. The zero-order valence-corrected chi connectivity index (χ0v) is 13.5. The Morgan fingerprint density at radius 3 is 2.54 bits per heavy atom. The molecule has 0 saturated carbocycles. The normalized spacial score (nSPS) is 14.9. The van der Waals surface area contributed by atoms with Gasteiger partial charge in [0, 0.05) is 31.6 Å². The van der Waals surface area contributed by atoms with Crippen LogP contribution in [0.5, 0.6) is 0 Å². The molecule has 0 unspecified atom stereocenters. The fourth-order valence-corrected chi connectivity index (χ4v) is 2.95. The molecule has 3 aromatic rings. The smallest absolute Gasteiger partial charge is 0.151 e. The van der Waals surface area contributed by atoms with Gasteiger partial charge in [-0.05, 0) is 17.7 Å². The molecule has 124 valence electrons. The predicted molar refractivity (Wildman–Crippen MR) is 90.2 cm³/mol. The minimum absolute atomic E-state index is 0.496. The topological polar surface area (TPSA) is 54.4 Å². The van der Waals surface area contributed by atoms with Crippen LogP contribution in [0.25, 0.3) is 0 Å². The zero-order valence-electron chi connectivity index (χ0n) is 13.5. The van der Waals surface area contributed by atoms with Crippen LogP contribution >= 0.6 is 0 Å². The maximum atomic E-state index is 5.56. The van der Waals surface area contributed by atoms with E-state index in [0.717, 1.165) is 43.4 Å². The van der Waals surface area contributed by atoms with E-state index in [1.165, 1.54) is 5.56 Å². The second kappa shape index (κ2) is 7.03. The van der Waals surface area contributed by atoms with E-state index in [2.05, 4.69) is 45.7 Å². The number of aromatic nitrogens is 1. The summed E-state index contributed by atoms with van der Waals surface area (Å²) in [5.74, 6) is 2.35. The maximum absolute atomic E-state index is 5.56. The van der Waals surface area contributed by atoms with Crippen molar-refractivity contribution < 1.29 is 8.94 Å². The van der Waals surface area contributed by atoms with E-state index in [-0.39, 0.29) is 0 Å². The number of hydrogen-bond acceptors (Lipinski definition) is 5. The van der Waals surface area contributed by atoms with E-state index < -0.39 is 0 Å². The summed E-state index contributed by atoms with van der Waals surface area (Å²) in [6, 6.07) is 16.5. The number of hydrogen-bond donors (Lipinski definition) is 1. The molecule has 5 nitrogen and oxygen atoms in total. The molecule has 1 aliphatic rings. The SMILES string of the molecule is c1ccc(CN(Cc2ccco2)Cc2cc(C3CNC3)no2)cc1. The summed E-state index contributed by atoms with van der Waals surface area (Å²) in [5.41, 5.74) is 2.33. The van der Waals surface area contributed by atoms with E-state index in [0.29, 0.717) is 12.5 Å². The standard InChI is InChI=1S/C19H21N3O2/c1-2-5-15(6-3-1)12-22(13-17-7-4-8-23-17)14-18-9-19(21-24-18)16-10-20-11-16/h1-9,16,20H,10-14H2. The van der Waals surface area contributed by atoms with Crippen LogP contribution in [-0.2, 0) is 19.6 Å². The molecule has 0 bridgehead atoms. The molecule has 1 aromatic carbocycles. The number of nitrogens with zero attached hydrogens (tertiary/aromatic N) is 2. The van der Waals surface area contributed by atoms with Crippen LogP contribution in [0.15, 0.2) is 63.7 Å². The van der Waals surface area contributed by atoms with Crippen molar-refractivity contribution in [1.82, 2.24) is 15.4 Å². The van der Waals surface area contributed by atoms with Crippen molar-refractivity contribution in [3.63, 3.8) is 0 Å². The molecule has 0 aliphatic carbocycles. The molecule has 3 heterocycles. The third-order valence-electron chi connectivity index (χ3n) is 4.36. The van der Waals surface area contributed by atoms with Gasteiger partial charge in [0.1, 0.15) is 5.76 Å². The Bertz CT molecular complexity index is 748. The van der Waals surface area contributed by atoms with Gasteiger partial charge in [-0.2, -0.15) is 0 Å². The van der Waals surface area contributed by atoms with E-state index in [1.54, 1.807) is 6.26 Å². The third kappa shape index (κ3) is 3.58. The minimum Gasteiger partial charge on any atom is -0.468 e. The van der Waals surface area contributed by atoms with Crippen molar-refractivity contribution in [2.45, 2.75) is 25.6 Å². The van der Waals surface area contributed by atoms with Crippen molar-refractivity contribution in [2.75, 3.05) is 13.1 Å². The Kier molecular flexibility index (Phi) is 4.44. The number of rotatable bonds is 7. The van der Waals surface area contributed by atoms with Gasteiger partial charge in [-0.15, -0.1) is 0 Å². The maximum Gasteiger partial charge on any atom is 0.151 e. The van der Waals surface area contributed by atoms with Gasteiger partial charge in [-0.1, -0.05) is 35.5 Å². The van der Waals surface area contributed by atoms with Crippen molar-refractivity contribution in [2.24, 2.45) is 0 Å². The highest BCUT2D eigenvalue weighted by Gasteiger charge is 2.23. The van der Waals surface area contributed by atoms with Gasteiger partial charge in [0.2, 0.25) is 0 Å². The van der Waals surface area contributed by atoms with Gasteiger partial charge in [-0.25, -0.2) is 0 Å². The molecule has 0 radical (unpaired) electrons. The molecule has 1 N–H and O–H groups in total. The highest BCUT2D eigenvalue weighted by atomic mass is 16.5. The summed E-state index contributed by atoms with van der Waals surface area (Å²) in [5, 5.41) is 7.50. The predicted octanol–water partition coefficient (Wildman–Crippen LogP) is 3.16. The summed E-state index contributed by atoms with van der Waals surface area (Å²) >= 11 is 0.